The van der Waals surface area contributed by atoms with Crippen molar-refractivity contribution in [3.05, 3.63) is 58.7 Å². The number of ketones is 2. The van der Waals surface area contributed by atoms with Crippen LogP contribution in [0.2, 0.25) is 0 Å². The highest BCUT2D eigenvalue weighted by Crippen LogP contribution is 2.19. The normalized spacial score (nSPS) is 10.6. The lowest BCUT2D eigenvalue weighted by Gasteiger charge is -2.05. The Balaban J connectivity index is 1.76. The van der Waals surface area contributed by atoms with Crippen molar-refractivity contribution in [2.75, 3.05) is 0 Å². The lowest BCUT2D eigenvalue weighted by molar-refractivity contribution is -0.126. The van der Waals surface area contributed by atoms with E-state index in [-0.39, 0.29) is 29.5 Å². The molecule has 4 heteroatoms. The molecule has 0 atom stereocenters. The minimum Gasteiger partial charge on any atom is -0.508 e. The van der Waals surface area contributed by atoms with E-state index < -0.39 is 0 Å². The Morgan fingerprint density at radius 3 is 1.52 bits per heavy atom. The Hall–Kier alpha value is -2.62. The highest BCUT2D eigenvalue weighted by molar-refractivity contribution is 5.99. The van der Waals surface area contributed by atoms with Gasteiger partial charge in [-0.1, -0.05) is 24.3 Å². The summed E-state index contributed by atoms with van der Waals surface area (Å²) >= 11 is 0. The maximum atomic E-state index is 12.0. The van der Waals surface area contributed by atoms with Crippen molar-refractivity contribution in [3.63, 3.8) is 0 Å². The SMILES string of the molecule is Cc1cc(CCC(=O)CC(=O)CCc2ccc(O)c(C)c2)ccc1O. The van der Waals surface area contributed by atoms with Gasteiger partial charge in [-0.3, -0.25) is 9.59 Å². The molecule has 0 amide bonds. The number of hydrogen-bond donors (Lipinski definition) is 2. The number of benzene rings is 2. The molecule has 0 heterocycles. The average Bonchev–Trinajstić information content (AvgIpc) is 2.57. The predicted octanol–water partition coefficient (Wildman–Crippen LogP) is 3.81. The van der Waals surface area contributed by atoms with Crippen LogP contribution in [0, 0.1) is 13.8 Å². The fraction of sp³-hybridized carbons (Fsp3) is 0.333. The van der Waals surface area contributed by atoms with Gasteiger partial charge < -0.3 is 10.2 Å². The highest BCUT2D eigenvalue weighted by Gasteiger charge is 2.11. The van der Waals surface area contributed by atoms with E-state index in [4.69, 9.17) is 0 Å². The molecule has 0 aliphatic rings. The van der Waals surface area contributed by atoms with Gasteiger partial charge in [0, 0.05) is 12.8 Å². The van der Waals surface area contributed by atoms with Gasteiger partial charge in [-0.25, -0.2) is 0 Å². The molecule has 0 aliphatic heterocycles. The van der Waals surface area contributed by atoms with E-state index in [1.807, 2.05) is 26.0 Å². The van der Waals surface area contributed by atoms with Gasteiger partial charge in [-0.2, -0.15) is 0 Å². The molecule has 2 N–H and O–H groups in total. The van der Waals surface area contributed by atoms with Gasteiger partial charge in [0.05, 0.1) is 6.42 Å². The number of aryl methyl sites for hydroxylation is 4. The minimum absolute atomic E-state index is 0.0336. The number of rotatable bonds is 8. The zero-order valence-corrected chi connectivity index (χ0v) is 14.7. The van der Waals surface area contributed by atoms with Crippen molar-refractivity contribution in [1.29, 1.82) is 0 Å². The molecule has 0 radical (unpaired) electrons. The fourth-order valence-electron chi connectivity index (χ4n) is 2.71. The van der Waals surface area contributed by atoms with Crippen molar-refractivity contribution in [2.45, 2.75) is 46.0 Å². The van der Waals surface area contributed by atoms with Gasteiger partial charge in [0.15, 0.2) is 0 Å². The second kappa shape index (κ2) is 8.47. The molecule has 0 unspecified atom stereocenters. The van der Waals surface area contributed by atoms with Crippen molar-refractivity contribution in [2.24, 2.45) is 0 Å². The van der Waals surface area contributed by atoms with Crippen LogP contribution >= 0.6 is 0 Å². The van der Waals surface area contributed by atoms with Crippen LogP contribution in [0.15, 0.2) is 36.4 Å². The summed E-state index contributed by atoms with van der Waals surface area (Å²) in [6, 6.07) is 10.6. The standard InChI is InChI=1S/C21H24O4/c1-14-11-16(5-9-20(14)24)3-7-18(22)13-19(23)8-4-17-6-10-21(25)15(2)12-17/h5-6,9-12,24-25H,3-4,7-8,13H2,1-2H3. The largest absolute Gasteiger partial charge is 0.508 e. The van der Waals surface area contributed by atoms with E-state index in [0.717, 1.165) is 22.3 Å². The van der Waals surface area contributed by atoms with Gasteiger partial charge in [0.25, 0.3) is 0 Å². The molecular weight excluding hydrogens is 316 g/mol. The molecular formula is C21H24O4. The molecule has 132 valence electrons. The molecule has 0 bridgehead atoms. The summed E-state index contributed by atoms with van der Waals surface area (Å²) in [5, 5.41) is 19.0. The molecule has 2 aromatic carbocycles. The Labute approximate surface area is 148 Å². The Kier molecular flexibility index (Phi) is 6.34. The molecule has 0 fully saturated rings. The van der Waals surface area contributed by atoms with Gasteiger partial charge in [0.1, 0.15) is 23.1 Å². The van der Waals surface area contributed by atoms with E-state index in [0.29, 0.717) is 25.7 Å². The van der Waals surface area contributed by atoms with E-state index in [9.17, 15) is 19.8 Å². The van der Waals surface area contributed by atoms with Gasteiger partial charge >= 0.3 is 0 Å². The quantitative estimate of drug-likeness (QED) is 0.717. The van der Waals surface area contributed by atoms with Crippen LogP contribution in [-0.2, 0) is 22.4 Å². The molecule has 0 spiro atoms. The van der Waals surface area contributed by atoms with Gasteiger partial charge in [-0.05, 0) is 61.1 Å². The summed E-state index contributed by atoms with van der Waals surface area (Å²) in [5.74, 6) is 0.375. The molecule has 2 aromatic rings. The fourth-order valence-corrected chi connectivity index (χ4v) is 2.71. The smallest absolute Gasteiger partial charge is 0.140 e. The van der Waals surface area contributed by atoms with Crippen LogP contribution in [0.4, 0.5) is 0 Å². The van der Waals surface area contributed by atoms with Gasteiger partial charge in [0.2, 0.25) is 0 Å². The van der Waals surface area contributed by atoms with Crippen molar-refractivity contribution < 1.29 is 19.8 Å². The first kappa shape index (κ1) is 18.7. The first-order valence-corrected chi connectivity index (χ1v) is 8.45. The van der Waals surface area contributed by atoms with Gasteiger partial charge in [-0.15, -0.1) is 0 Å². The summed E-state index contributed by atoms with van der Waals surface area (Å²) in [6.07, 6.45) is 1.77. The minimum atomic E-state index is -0.0578. The lowest BCUT2D eigenvalue weighted by Crippen LogP contribution is -2.09. The Morgan fingerprint density at radius 1 is 0.760 bits per heavy atom. The number of hydrogen-bond acceptors (Lipinski definition) is 4. The third-order valence-electron chi connectivity index (χ3n) is 4.30. The van der Waals surface area contributed by atoms with Crippen LogP contribution in [0.3, 0.4) is 0 Å². The molecule has 0 aliphatic carbocycles. The second-order valence-electron chi connectivity index (χ2n) is 6.50. The summed E-state index contributed by atoms with van der Waals surface area (Å²) in [5.41, 5.74) is 3.53. The van der Waals surface area contributed by atoms with Crippen molar-refractivity contribution >= 4 is 11.6 Å². The van der Waals surface area contributed by atoms with E-state index in [2.05, 4.69) is 0 Å². The topological polar surface area (TPSA) is 74.6 Å². The van der Waals surface area contributed by atoms with Crippen LogP contribution in [0.1, 0.15) is 41.5 Å². The number of phenolic OH excluding ortho intramolecular Hbond substituents is 2. The number of carbonyl (C=O) groups is 2. The summed E-state index contributed by atoms with van der Waals surface area (Å²) in [6.45, 7) is 3.63. The predicted molar refractivity (Wildman–Crippen MR) is 97.0 cm³/mol. The Bertz CT molecular complexity index is 712. The first-order valence-electron chi connectivity index (χ1n) is 8.45. The molecule has 25 heavy (non-hydrogen) atoms. The molecule has 0 saturated heterocycles. The molecule has 2 rings (SSSR count). The maximum absolute atomic E-state index is 12.0. The zero-order chi connectivity index (χ0) is 18.4. The second-order valence-corrected chi connectivity index (χ2v) is 6.50. The molecule has 0 saturated carbocycles. The Morgan fingerprint density at radius 2 is 1.16 bits per heavy atom. The number of carbonyl (C=O) groups excluding carboxylic acids is 2. The summed E-state index contributed by atoms with van der Waals surface area (Å²) in [4.78, 5) is 24.0. The average molecular weight is 340 g/mol. The van der Waals surface area contributed by atoms with Crippen molar-refractivity contribution in [1.82, 2.24) is 0 Å². The highest BCUT2D eigenvalue weighted by atomic mass is 16.3. The number of Topliss-reactive ketones (excluding diaryl/α,β-unsaturated/α-hetero) is 2. The zero-order valence-electron chi connectivity index (χ0n) is 14.7. The third-order valence-corrected chi connectivity index (χ3v) is 4.30. The van der Waals surface area contributed by atoms with Crippen LogP contribution in [0.25, 0.3) is 0 Å². The van der Waals surface area contributed by atoms with Crippen LogP contribution in [0.5, 0.6) is 11.5 Å². The summed E-state index contributed by atoms with van der Waals surface area (Å²) in [7, 11) is 0. The molecule has 0 aromatic heterocycles. The van der Waals surface area contributed by atoms with Crippen LogP contribution < -0.4 is 0 Å². The van der Waals surface area contributed by atoms with Crippen molar-refractivity contribution in [3.8, 4) is 11.5 Å². The van der Waals surface area contributed by atoms with E-state index in [1.165, 1.54) is 0 Å². The van der Waals surface area contributed by atoms with E-state index >= 15 is 0 Å². The monoisotopic (exact) mass is 340 g/mol. The third kappa shape index (κ3) is 5.75. The maximum Gasteiger partial charge on any atom is 0.140 e. The number of phenols is 2. The summed E-state index contributed by atoms with van der Waals surface area (Å²) < 4.78 is 0. The number of aromatic hydroxyl groups is 2. The van der Waals surface area contributed by atoms with E-state index in [1.54, 1.807) is 24.3 Å². The first-order chi connectivity index (χ1) is 11.8. The lowest BCUT2D eigenvalue weighted by atomic mass is 10.00. The molecule has 4 nitrogen and oxygen atoms in total. The van der Waals surface area contributed by atoms with Crippen LogP contribution in [-0.4, -0.2) is 21.8 Å².